The molecule has 0 aliphatic rings. The molecule has 1 aromatic carbocycles. The Balaban J connectivity index is 2.62. The number of methoxy groups -OCH3 is 1. The summed E-state index contributed by atoms with van der Waals surface area (Å²) in [6, 6.07) is 5.86. The maximum absolute atomic E-state index is 10.8. The number of rotatable bonds is 3. The molecule has 0 saturated carbocycles. The van der Waals surface area contributed by atoms with Gasteiger partial charge in [-0.1, -0.05) is 22.0 Å². The fourth-order valence-corrected chi connectivity index (χ4v) is 1.34. The van der Waals surface area contributed by atoms with Gasteiger partial charge in [-0.3, -0.25) is 0 Å². The van der Waals surface area contributed by atoms with Crippen molar-refractivity contribution in [2.75, 3.05) is 12.4 Å². The van der Waals surface area contributed by atoms with Crippen LogP contribution in [0.3, 0.4) is 0 Å². The van der Waals surface area contributed by atoms with Crippen LogP contribution in [0.4, 0.5) is 5.69 Å². The standard InChI is InChI=1S/C11H12BrNO2/c1-8-3-4-9(7-10(8)12)13-6-5-11(14)15-2/h3-7,13H,1-2H3/b6-5+. The van der Waals surface area contributed by atoms with E-state index in [2.05, 4.69) is 26.0 Å². The molecule has 0 bridgehead atoms. The molecule has 0 unspecified atom stereocenters. The number of nitrogens with one attached hydrogen (secondary N) is 1. The number of hydrogen-bond donors (Lipinski definition) is 1. The summed E-state index contributed by atoms with van der Waals surface area (Å²) in [6.45, 7) is 2.01. The summed E-state index contributed by atoms with van der Waals surface area (Å²) in [5, 5.41) is 2.97. The minimum atomic E-state index is -0.381. The van der Waals surface area contributed by atoms with E-state index in [0.717, 1.165) is 15.7 Å². The third kappa shape index (κ3) is 3.75. The van der Waals surface area contributed by atoms with E-state index in [1.165, 1.54) is 13.2 Å². The first-order valence-electron chi connectivity index (χ1n) is 4.40. The number of esters is 1. The van der Waals surface area contributed by atoms with E-state index in [9.17, 15) is 4.79 Å². The quantitative estimate of drug-likeness (QED) is 0.678. The average molecular weight is 270 g/mol. The number of benzene rings is 1. The van der Waals surface area contributed by atoms with Crippen LogP contribution >= 0.6 is 15.9 Å². The highest BCUT2D eigenvalue weighted by Gasteiger charge is 1.95. The van der Waals surface area contributed by atoms with Gasteiger partial charge in [-0.15, -0.1) is 0 Å². The van der Waals surface area contributed by atoms with Crippen molar-refractivity contribution in [3.8, 4) is 0 Å². The lowest BCUT2D eigenvalue weighted by Gasteiger charge is -2.03. The normalized spacial score (nSPS) is 10.3. The Morgan fingerprint density at radius 3 is 2.87 bits per heavy atom. The van der Waals surface area contributed by atoms with Crippen molar-refractivity contribution < 1.29 is 9.53 Å². The molecule has 0 amide bonds. The van der Waals surface area contributed by atoms with E-state index in [1.807, 2.05) is 25.1 Å². The van der Waals surface area contributed by atoms with Crippen molar-refractivity contribution in [2.24, 2.45) is 0 Å². The first-order valence-corrected chi connectivity index (χ1v) is 5.20. The number of carbonyl (C=O) groups excluding carboxylic acids is 1. The van der Waals surface area contributed by atoms with Gasteiger partial charge in [-0.05, 0) is 24.6 Å². The fraction of sp³-hybridized carbons (Fsp3) is 0.182. The Hall–Kier alpha value is -1.29. The van der Waals surface area contributed by atoms with Gasteiger partial charge in [0.15, 0.2) is 0 Å². The zero-order valence-electron chi connectivity index (χ0n) is 8.58. The predicted octanol–water partition coefficient (Wildman–Crippen LogP) is 2.86. The number of ether oxygens (including phenoxy) is 1. The monoisotopic (exact) mass is 269 g/mol. The Kier molecular flexibility index (Phi) is 4.37. The van der Waals surface area contributed by atoms with Gasteiger partial charge in [0.05, 0.1) is 7.11 Å². The number of aryl methyl sites for hydroxylation is 1. The highest BCUT2D eigenvalue weighted by atomic mass is 79.9. The molecule has 0 spiro atoms. The molecule has 0 heterocycles. The first kappa shape index (κ1) is 11.8. The van der Waals surface area contributed by atoms with Crippen molar-refractivity contribution in [3.05, 3.63) is 40.5 Å². The molecule has 0 saturated heterocycles. The molecular weight excluding hydrogens is 258 g/mol. The number of anilines is 1. The third-order valence-corrected chi connectivity index (χ3v) is 2.70. The zero-order valence-corrected chi connectivity index (χ0v) is 10.2. The summed E-state index contributed by atoms with van der Waals surface area (Å²) in [5.41, 5.74) is 2.07. The van der Waals surface area contributed by atoms with Crippen molar-refractivity contribution in [1.82, 2.24) is 0 Å². The van der Waals surface area contributed by atoms with Gasteiger partial charge in [0.2, 0.25) is 0 Å². The lowest BCUT2D eigenvalue weighted by Crippen LogP contribution is -1.96. The van der Waals surface area contributed by atoms with E-state index in [0.29, 0.717) is 0 Å². The predicted molar refractivity (Wildman–Crippen MR) is 63.7 cm³/mol. The molecule has 1 N–H and O–H groups in total. The molecule has 15 heavy (non-hydrogen) atoms. The molecule has 0 aromatic heterocycles. The topological polar surface area (TPSA) is 38.3 Å². The summed E-state index contributed by atoms with van der Waals surface area (Å²) in [7, 11) is 1.34. The molecule has 4 heteroatoms. The largest absolute Gasteiger partial charge is 0.466 e. The highest BCUT2D eigenvalue weighted by Crippen LogP contribution is 2.20. The SMILES string of the molecule is COC(=O)/C=C/Nc1ccc(C)c(Br)c1. The molecule has 1 aromatic rings. The van der Waals surface area contributed by atoms with Gasteiger partial charge in [0.25, 0.3) is 0 Å². The minimum Gasteiger partial charge on any atom is -0.466 e. The zero-order chi connectivity index (χ0) is 11.3. The van der Waals surface area contributed by atoms with Gasteiger partial charge in [-0.2, -0.15) is 0 Å². The van der Waals surface area contributed by atoms with E-state index in [1.54, 1.807) is 6.20 Å². The number of halogens is 1. The molecule has 0 aliphatic heterocycles. The lowest BCUT2D eigenvalue weighted by molar-refractivity contribution is -0.134. The van der Waals surface area contributed by atoms with Crippen molar-refractivity contribution in [1.29, 1.82) is 0 Å². The molecule has 0 fully saturated rings. The molecule has 3 nitrogen and oxygen atoms in total. The number of carbonyl (C=O) groups is 1. The van der Waals surface area contributed by atoms with Crippen molar-refractivity contribution in [2.45, 2.75) is 6.92 Å². The smallest absolute Gasteiger partial charge is 0.331 e. The Labute approximate surface area is 97.3 Å². The molecule has 0 radical (unpaired) electrons. The maximum Gasteiger partial charge on any atom is 0.331 e. The van der Waals surface area contributed by atoms with Gasteiger partial charge < -0.3 is 10.1 Å². The van der Waals surface area contributed by atoms with Crippen LogP contribution in [0.5, 0.6) is 0 Å². The summed E-state index contributed by atoms with van der Waals surface area (Å²) in [4.78, 5) is 10.8. The van der Waals surface area contributed by atoms with Gasteiger partial charge in [-0.25, -0.2) is 4.79 Å². The third-order valence-electron chi connectivity index (χ3n) is 1.84. The highest BCUT2D eigenvalue weighted by molar-refractivity contribution is 9.10. The van der Waals surface area contributed by atoms with Crippen LogP contribution in [0.2, 0.25) is 0 Å². The molecule has 0 atom stereocenters. The number of hydrogen-bond acceptors (Lipinski definition) is 3. The summed E-state index contributed by atoms with van der Waals surface area (Å²) in [6.07, 6.45) is 2.87. The van der Waals surface area contributed by atoms with Crippen LogP contribution in [0.15, 0.2) is 34.9 Å². The van der Waals surface area contributed by atoms with Gasteiger partial charge in [0.1, 0.15) is 0 Å². The average Bonchev–Trinajstić information content (AvgIpc) is 2.23. The maximum atomic E-state index is 10.8. The van der Waals surface area contributed by atoms with E-state index < -0.39 is 0 Å². The van der Waals surface area contributed by atoms with Crippen LogP contribution in [0.25, 0.3) is 0 Å². The summed E-state index contributed by atoms with van der Waals surface area (Å²) < 4.78 is 5.48. The molecule has 80 valence electrons. The Bertz CT molecular complexity index is 388. The van der Waals surface area contributed by atoms with Gasteiger partial charge >= 0.3 is 5.97 Å². The van der Waals surface area contributed by atoms with Crippen LogP contribution < -0.4 is 5.32 Å². The second-order valence-electron chi connectivity index (χ2n) is 2.96. The van der Waals surface area contributed by atoms with E-state index in [4.69, 9.17) is 0 Å². The fourth-order valence-electron chi connectivity index (χ4n) is 0.957. The van der Waals surface area contributed by atoms with E-state index >= 15 is 0 Å². The van der Waals surface area contributed by atoms with Crippen LogP contribution in [0, 0.1) is 6.92 Å². The summed E-state index contributed by atoms with van der Waals surface area (Å²) in [5.74, 6) is -0.381. The van der Waals surface area contributed by atoms with Crippen LogP contribution in [-0.2, 0) is 9.53 Å². The Morgan fingerprint density at radius 2 is 2.27 bits per heavy atom. The van der Waals surface area contributed by atoms with Crippen LogP contribution in [-0.4, -0.2) is 13.1 Å². The van der Waals surface area contributed by atoms with Gasteiger partial charge in [0, 0.05) is 22.4 Å². The molecule has 0 aliphatic carbocycles. The second kappa shape index (κ2) is 5.56. The first-order chi connectivity index (χ1) is 7.13. The van der Waals surface area contributed by atoms with Crippen molar-refractivity contribution in [3.63, 3.8) is 0 Å². The van der Waals surface area contributed by atoms with Crippen LogP contribution in [0.1, 0.15) is 5.56 Å². The summed E-state index contributed by atoms with van der Waals surface area (Å²) >= 11 is 3.42. The molecule has 1 rings (SSSR count). The minimum absolute atomic E-state index is 0.381. The van der Waals surface area contributed by atoms with Crippen molar-refractivity contribution >= 4 is 27.6 Å². The molecular formula is C11H12BrNO2. The Morgan fingerprint density at radius 1 is 1.53 bits per heavy atom. The lowest BCUT2D eigenvalue weighted by atomic mass is 10.2. The second-order valence-corrected chi connectivity index (χ2v) is 3.82. The van der Waals surface area contributed by atoms with E-state index in [-0.39, 0.29) is 5.97 Å².